The lowest BCUT2D eigenvalue weighted by Crippen LogP contribution is -2.45. The molecule has 0 radical (unpaired) electrons. The molecule has 0 saturated carbocycles. The molecule has 5 rings (SSSR count). The number of carbonyl (C=O) groups excluding carboxylic acids is 2. The normalized spacial score (nSPS) is 17.8. The van der Waals surface area contributed by atoms with Gasteiger partial charge in [0.25, 0.3) is 11.8 Å². The monoisotopic (exact) mass is 425 g/mol. The molecule has 1 saturated heterocycles. The average molecular weight is 425 g/mol. The van der Waals surface area contributed by atoms with E-state index in [2.05, 4.69) is 10.2 Å². The van der Waals surface area contributed by atoms with E-state index in [1.165, 1.54) is 0 Å². The van der Waals surface area contributed by atoms with Gasteiger partial charge >= 0.3 is 0 Å². The van der Waals surface area contributed by atoms with Crippen LogP contribution in [0.15, 0.2) is 36.4 Å². The highest BCUT2D eigenvalue weighted by Gasteiger charge is 2.26. The van der Waals surface area contributed by atoms with Gasteiger partial charge in [0.05, 0.1) is 18.9 Å². The Morgan fingerprint density at radius 3 is 2.65 bits per heavy atom. The second-order valence-electron chi connectivity index (χ2n) is 7.49. The summed E-state index contributed by atoms with van der Waals surface area (Å²) >= 11 is 0. The van der Waals surface area contributed by atoms with Gasteiger partial charge in [0, 0.05) is 43.5 Å². The van der Waals surface area contributed by atoms with E-state index >= 15 is 0 Å². The van der Waals surface area contributed by atoms with E-state index in [0.29, 0.717) is 40.7 Å². The number of fused-ring (bicyclic) bond motifs is 2. The van der Waals surface area contributed by atoms with Crippen LogP contribution >= 0.6 is 0 Å². The van der Waals surface area contributed by atoms with Crippen LogP contribution in [0.1, 0.15) is 10.4 Å². The van der Waals surface area contributed by atoms with Crippen LogP contribution in [0.4, 0.5) is 11.4 Å². The molecule has 3 heterocycles. The van der Waals surface area contributed by atoms with Crippen molar-refractivity contribution in [3.8, 4) is 17.2 Å². The second kappa shape index (κ2) is 8.44. The molecule has 0 aromatic heterocycles. The molecule has 1 N–H and O–H groups in total. The summed E-state index contributed by atoms with van der Waals surface area (Å²) in [5.74, 6) is 1.41. The first-order valence-corrected chi connectivity index (χ1v) is 10.3. The first-order valence-electron chi connectivity index (χ1n) is 10.3. The summed E-state index contributed by atoms with van der Waals surface area (Å²) < 4.78 is 21.6. The number of amides is 2. The van der Waals surface area contributed by atoms with Gasteiger partial charge in [-0.2, -0.15) is 0 Å². The summed E-state index contributed by atoms with van der Waals surface area (Å²) in [7, 11) is 0. The highest BCUT2D eigenvalue weighted by Crippen LogP contribution is 2.35. The van der Waals surface area contributed by atoms with Crippen molar-refractivity contribution >= 4 is 23.2 Å². The van der Waals surface area contributed by atoms with E-state index in [9.17, 15) is 9.59 Å². The Bertz CT molecular complexity index is 1000. The molecule has 162 valence electrons. The Morgan fingerprint density at radius 1 is 0.935 bits per heavy atom. The molecule has 3 aliphatic rings. The summed E-state index contributed by atoms with van der Waals surface area (Å²) in [5, 5.41) is 2.87. The standard InChI is InChI=1S/C22H23N3O6/c26-21-13-29-19-12-16(23-22(27)15-1-4-18-20(11-15)31-14-30-18)2-3-17(19)25(21)6-5-24-7-9-28-10-8-24/h1-4,11-12H,5-10,13-14H2,(H,23,27). The maximum absolute atomic E-state index is 12.6. The third kappa shape index (κ3) is 4.14. The number of morpholine rings is 1. The molecule has 9 nitrogen and oxygen atoms in total. The minimum absolute atomic E-state index is 0.0182. The highest BCUT2D eigenvalue weighted by molar-refractivity contribution is 6.05. The van der Waals surface area contributed by atoms with Crippen molar-refractivity contribution in [2.45, 2.75) is 0 Å². The Hall–Kier alpha value is -3.30. The zero-order valence-corrected chi connectivity index (χ0v) is 17.0. The highest BCUT2D eigenvalue weighted by atomic mass is 16.7. The summed E-state index contributed by atoms with van der Waals surface area (Å²) in [5.41, 5.74) is 1.76. The lowest BCUT2D eigenvalue weighted by Gasteiger charge is -2.33. The van der Waals surface area contributed by atoms with E-state index in [-0.39, 0.29) is 25.2 Å². The van der Waals surface area contributed by atoms with Gasteiger partial charge in [0.2, 0.25) is 6.79 Å². The number of hydrogen-bond donors (Lipinski definition) is 1. The summed E-state index contributed by atoms with van der Waals surface area (Å²) in [6.45, 7) is 4.68. The molecule has 0 spiro atoms. The Balaban J connectivity index is 1.28. The molecular weight excluding hydrogens is 402 g/mol. The lowest BCUT2D eigenvalue weighted by molar-refractivity contribution is -0.121. The fourth-order valence-electron chi connectivity index (χ4n) is 3.83. The van der Waals surface area contributed by atoms with Gasteiger partial charge in [-0.15, -0.1) is 0 Å². The van der Waals surface area contributed by atoms with E-state index in [1.54, 1.807) is 41.3 Å². The molecule has 2 aromatic rings. The van der Waals surface area contributed by atoms with Gasteiger partial charge in [-0.05, 0) is 30.3 Å². The van der Waals surface area contributed by atoms with Crippen LogP contribution in [0, 0.1) is 0 Å². The Kier molecular flexibility index (Phi) is 5.35. The fraction of sp³-hybridized carbons (Fsp3) is 0.364. The van der Waals surface area contributed by atoms with Gasteiger partial charge in [-0.3, -0.25) is 14.5 Å². The first kappa shape index (κ1) is 19.7. The second-order valence-corrected chi connectivity index (χ2v) is 7.49. The predicted molar refractivity (Wildman–Crippen MR) is 112 cm³/mol. The zero-order valence-electron chi connectivity index (χ0n) is 17.0. The topological polar surface area (TPSA) is 89.6 Å². The van der Waals surface area contributed by atoms with Crippen molar-refractivity contribution in [2.24, 2.45) is 0 Å². The zero-order chi connectivity index (χ0) is 21.2. The number of nitrogens with one attached hydrogen (secondary N) is 1. The summed E-state index contributed by atoms with van der Waals surface area (Å²) in [4.78, 5) is 29.1. The maximum Gasteiger partial charge on any atom is 0.265 e. The molecule has 0 aliphatic carbocycles. The molecule has 0 atom stereocenters. The van der Waals surface area contributed by atoms with Crippen molar-refractivity contribution in [2.75, 3.05) is 63.0 Å². The minimum atomic E-state index is -0.269. The Labute approximate surface area is 179 Å². The van der Waals surface area contributed by atoms with Crippen LogP contribution in [-0.2, 0) is 9.53 Å². The van der Waals surface area contributed by atoms with Gasteiger partial charge in [0.15, 0.2) is 18.1 Å². The van der Waals surface area contributed by atoms with E-state index in [4.69, 9.17) is 18.9 Å². The average Bonchev–Trinajstić information content (AvgIpc) is 3.27. The molecule has 2 aromatic carbocycles. The first-order chi connectivity index (χ1) is 15.2. The number of benzene rings is 2. The van der Waals surface area contributed by atoms with Crippen LogP contribution in [0.5, 0.6) is 17.2 Å². The van der Waals surface area contributed by atoms with Crippen molar-refractivity contribution in [1.82, 2.24) is 4.90 Å². The number of hydrogen-bond acceptors (Lipinski definition) is 7. The molecule has 3 aliphatic heterocycles. The third-order valence-electron chi connectivity index (χ3n) is 5.54. The number of ether oxygens (including phenoxy) is 4. The van der Waals surface area contributed by atoms with Crippen LogP contribution in [0.3, 0.4) is 0 Å². The summed E-state index contributed by atoms with van der Waals surface area (Å²) in [6.07, 6.45) is 0. The van der Waals surface area contributed by atoms with Crippen LogP contribution in [-0.4, -0.2) is 69.5 Å². The molecule has 0 bridgehead atoms. The number of carbonyl (C=O) groups is 2. The SMILES string of the molecule is O=C(Nc1ccc2c(c1)OCC(=O)N2CCN1CCOCC1)c1ccc2c(c1)OCO2. The minimum Gasteiger partial charge on any atom is -0.481 e. The van der Waals surface area contributed by atoms with E-state index in [1.807, 2.05) is 0 Å². The molecule has 9 heteroatoms. The fourth-order valence-corrected chi connectivity index (χ4v) is 3.83. The van der Waals surface area contributed by atoms with Crippen molar-refractivity contribution in [1.29, 1.82) is 0 Å². The molecule has 2 amide bonds. The molecular formula is C22H23N3O6. The van der Waals surface area contributed by atoms with E-state index in [0.717, 1.165) is 32.8 Å². The quantitative estimate of drug-likeness (QED) is 0.780. The lowest BCUT2D eigenvalue weighted by atomic mass is 10.1. The maximum atomic E-state index is 12.6. The summed E-state index contributed by atoms with van der Waals surface area (Å²) in [6, 6.07) is 10.4. The van der Waals surface area contributed by atoms with Gasteiger partial charge in [-0.25, -0.2) is 0 Å². The van der Waals surface area contributed by atoms with Gasteiger partial charge in [-0.1, -0.05) is 0 Å². The molecule has 0 unspecified atom stereocenters. The van der Waals surface area contributed by atoms with Crippen molar-refractivity contribution in [3.63, 3.8) is 0 Å². The number of anilines is 2. The molecule has 31 heavy (non-hydrogen) atoms. The van der Waals surface area contributed by atoms with Gasteiger partial charge < -0.3 is 29.2 Å². The van der Waals surface area contributed by atoms with Crippen LogP contribution in [0.2, 0.25) is 0 Å². The van der Waals surface area contributed by atoms with Crippen LogP contribution < -0.4 is 24.4 Å². The van der Waals surface area contributed by atoms with Crippen molar-refractivity contribution in [3.05, 3.63) is 42.0 Å². The van der Waals surface area contributed by atoms with Gasteiger partial charge in [0.1, 0.15) is 5.75 Å². The number of nitrogens with zero attached hydrogens (tertiary/aromatic N) is 2. The smallest absolute Gasteiger partial charge is 0.265 e. The molecule has 1 fully saturated rings. The van der Waals surface area contributed by atoms with E-state index < -0.39 is 0 Å². The number of rotatable bonds is 5. The van der Waals surface area contributed by atoms with Crippen LogP contribution in [0.25, 0.3) is 0 Å². The predicted octanol–water partition coefficient (Wildman–Crippen LogP) is 1.73. The Morgan fingerprint density at radius 2 is 1.77 bits per heavy atom. The van der Waals surface area contributed by atoms with Crippen molar-refractivity contribution < 1.29 is 28.5 Å². The third-order valence-corrected chi connectivity index (χ3v) is 5.54. The largest absolute Gasteiger partial charge is 0.481 e.